The van der Waals surface area contributed by atoms with Crippen LogP contribution in [0.1, 0.15) is 77.6 Å². The van der Waals surface area contributed by atoms with Crippen molar-refractivity contribution in [3.05, 3.63) is 174 Å². The van der Waals surface area contributed by atoms with Crippen molar-refractivity contribution >= 4 is 39.0 Å². The third-order valence-corrected chi connectivity index (χ3v) is 11.8. The molecule has 2 nitrogen and oxygen atoms in total. The highest BCUT2D eigenvalue weighted by Crippen LogP contribution is 2.55. The van der Waals surface area contributed by atoms with Crippen LogP contribution in [0.2, 0.25) is 0 Å². The van der Waals surface area contributed by atoms with Crippen molar-refractivity contribution in [2.45, 2.75) is 71.6 Å². The first-order valence-electron chi connectivity index (χ1n) is 19.6. The molecule has 9 rings (SSSR count). The molecule has 0 N–H and O–H groups in total. The molecule has 55 heavy (non-hydrogen) atoms. The molecular formula is C53H49NO. The first-order valence-corrected chi connectivity index (χ1v) is 19.6. The van der Waals surface area contributed by atoms with Gasteiger partial charge in [0.2, 0.25) is 0 Å². The minimum atomic E-state index is -0.172. The largest absolute Gasteiger partial charge is 0.456 e. The average Bonchev–Trinajstić information content (AvgIpc) is 3.66. The lowest BCUT2D eigenvalue weighted by molar-refractivity contribution is 0.559. The average molecular weight is 716 g/mol. The Balaban J connectivity index is 1.26. The fraction of sp³-hybridized carbons (Fsp3) is 0.208. The SMILES string of the molecule is CC(C)(C)c1cc(C(C)(C)C)c2oc3ccc4c(c3c2c1)-c1cc(N(c2ccc(-c3ccccc3)cc2)c2ccc(-c3ccccc3)cc2)ccc1C4(C)C. The number of hydrogen-bond acceptors (Lipinski definition) is 2. The van der Waals surface area contributed by atoms with E-state index in [4.69, 9.17) is 4.42 Å². The first kappa shape index (κ1) is 34.9. The number of fused-ring (bicyclic) bond motifs is 7. The fourth-order valence-electron chi connectivity index (χ4n) is 8.64. The van der Waals surface area contributed by atoms with E-state index in [1.165, 1.54) is 66.4 Å². The smallest absolute Gasteiger partial charge is 0.139 e. The van der Waals surface area contributed by atoms with Crippen LogP contribution in [0.25, 0.3) is 55.3 Å². The summed E-state index contributed by atoms with van der Waals surface area (Å²) < 4.78 is 6.89. The normalized spacial score (nSPS) is 13.6. The number of hydrogen-bond donors (Lipinski definition) is 0. The lowest BCUT2D eigenvalue weighted by Gasteiger charge is -2.27. The summed E-state index contributed by atoms with van der Waals surface area (Å²) in [6.45, 7) is 18.6. The van der Waals surface area contributed by atoms with Crippen LogP contribution in [0.5, 0.6) is 0 Å². The molecule has 1 aliphatic carbocycles. The topological polar surface area (TPSA) is 16.4 Å². The summed E-state index contributed by atoms with van der Waals surface area (Å²) in [5, 5.41) is 2.43. The molecule has 0 atom stereocenters. The van der Waals surface area contributed by atoms with E-state index in [1.807, 2.05) is 0 Å². The molecule has 272 valence electrons. The lowest BCUT2D eigenvalue weighted by atomic mass is 9.79. The van der Waals surface area contributed by atoms with Crippen molar-refractivity contribution in [1.82, 2.24) is 0 Å². The molecule has 0 amide bonds. The summed E-state index contributed by atoms with van der Waals surface area (Å²) in [6, 6.07) is 55.6. The van der Waals surface area contributed by atoms with Crippen LogP contribution in [0.3, 0.4) is 0 Å². The van der Waals surface area contributed by atoms with Crippen molar-refractivity contribution in [2.75, 3.05) is 4.90 Å². The van der Waals surface area contributed by atoms with Gasteiger partial charge in [0.15, 0.2) is 0 Å². The number of nitrogens with zero attached hydrogens (tertiary/aromatic N) is 1. The summed E-state index contributed by atoms with van der Waals surface area (Å²) in [4.78, 5) is 2.40. The molecule has 0 saturated heterocycles. The molecule has 0 bridgehead atoms. The van der Waals surface area contributed by atoms with Crippen LogP contribution in [0.4, 0.5) is 17.1 Å². The van der Waals surface area contributed by atoms with Gasteiger partial charge in [0.05, 0.1) is 0 Å². The van der Waals surface area contributed by atoms with Gasteiger partial charge in [0.25, 0.3) is 0 Å². The van der Waals surface area contributed by atoms with Crippen molar-refractivity contribution < 1.29 is 4.42 Å². The van der Waals surface area contributed by atoms with Crippen LogP contribution in [-0.2, 0) is 16.2 Å². The maximum absolute atomic E-state index is 6.89. The molecule has 0 saturated carbocycles. The fourth-order valence-corrected chi connectivity index (χ4v) is 8.64. The highest BCUT2D eigenvalue weighted by Gasteiger charge is 2.38. The number of furan rings is 1. The highest BCUT2D eigenvalue weighted by atomic mass is 16.3. The zero-order chi connectivity index (χ0) is 38.3. The lowest BCUT2D eigenvalue weighted by Crippen LogP contribution is -2.16. The van der Waals surface area contributed by atoms with E-state index in [0.717, 1.165) is 28.2 Å². The molecular weight excluding hydrogens is 667 g/mol. The van der Waals surface area contributed by atoms with Gasteiger partial charge in [0, 0.05) is 38.8 Å². The van der Waals surface area contributed by atoms with Crippen LogP contribution >= 0.6 is 0 Å². The second-order valence-corrected chi connectivity index (χ2v) is 17.9. The Morgan fingerprint density at radius 2 is 1.00 bits per heavy atom. The van der Waals surface area contributed by atoms with Crippen molar-refractivity contribution in [2.24, 2.45) is 0 Å². The first-order chi connectivity index (χ1) is 26.3. The van der Waals surface area contributed by atoms with Gasteiger partial charge in [-0.3, -0.25) is 0 Å². The van der Waals surface area contributed by atoms with Crippen molar-refractivity contribution in [1.29, 1.82) is 0 Å². The molecule has 0 unspecified atom stereocenters. The number of anilines is 3. The van der Waals surface area contributed by atoms with E-state index in [1.54, 1.807) is 0 Å². The van der Waals surface area contributed by atoms with Crippen LogP contribution in [0, 0.1) is 0 Å². The Morgan fingerprint density at radius 3 is 1.53 bits per heavy atom. The third kappa shape index (κ3) is 5.87. The number of rotatable bonds is 5. The van der Waals surface area contributed by atoms with E-state index < -0.39 is 0 Å². The second-order valence-electron chi connectivity index (χ2n) is 17.9. The van der Waals surface area contributed by atoms with Gasteiger partial charge < -0.3 is 9.32 Å². The molecule has 1 heterocycles. The molecule has 8 aromatic rings. The van der Waals surface area contributed by atoms with Crippen LogP contribution in [-0.4, -0.2) is 0 Å². The summed E-state index contributed by atoms with van der Waals surface area (Å²) in [5.41, 5.74) is 17.7. The van der Waals surface area contributed by atoms with Gasteiger partial charge in [0.1, 0.15) is 11.2 Å². The molecule has 0 fully saturated rings. The Bertz CT molecular complexity index is 2620. The number of benzene rings is 7. The highest BCUT2D eigenvalue weighted by molar-refractivity contribution is 6.16. The minimum absolute atomic E-state index is 0.00724. The Morgan fingerprint density at radius 1 is 0.491 bits per heavy atom. The van der Waals surface area contributed by atoms with Crippen molar-refractivity contribution in [3.63, 3.8) is 0 Å². The maximum Gasteiger partial charge on any atom is 0.139 e. The van der Waals surface area contributed by atoms with E-state index in [9.17, 15) is 0 Å². The van der Waals surface area contributed by atoms with Crippen LogP contribution < -0.4 is 4.90 Å². The van der Waals surface area contributed by atoms with Gasteiger partial charge in [-0.2, -0.15) is 0 Å². The molecule has 1 aliphatic rings. The summed E-state index contributed by atoms with van der Waals surface area (Å²) in [7, 11) is 0. The van der Waals surface area contributed by atoms with Crippen LogP contribution in [0.15, 0.2) is 156 Å². The van der Waals surface area contributed by atoms with Gasteiger partial charge in [-0.15, -0.1) is 0 Å². The molecule has 0 spiro atoms. The zero-order valence-corrected chi connectivity index (χ0v) is 33.3. The molecule has 7 aromatic carbocycles. The maximum atomic E-state index is 6.89. The summed E-state index contributed by atoms with van der Waals surface area (Å²) >= 11 is 0. The predicted octanol–water partition coefficient (Wildman–Crippen LogP) is 15.3. The summed E-state index contributed by atoms with van der Waals surface area (Å²) in [5.74, 6) is 0. The van der Waals surface area contributed by atoms with Gasteiger partial charge in [-0.1, -0.05) is 159 Å². The Labute approximate surface area is 326 Å². The second kappa shape index (κ2) is 12.6. The molecule has 0 radical (unpaired) electrons. The minimum Gasteiger partial charge on any atom is -0.456 e. The van der Waals surface area contributed by atoms with Gasteiger partial charge in [-0.05, 0) is 109 Å². The van der Waals surface area contributed by atoms with E-state index >= 15 is 0 Å². The third-order valence-electron chi connectivity index (χ3n) is 11.8. The monoisotopic (exact) mass is 715 g/mol. The predicted molar refractivity (Wildman–Crippen MR) is 234 cm³/mol. The Hall–Kier alpha value is -5.86. The summed E-state index contributed by atoms with van der Waals surface area (Å²) in [6.07, 6.45) is 0. The quantitative estimate of drug-likeness (QED) is 0.176. The van der Waals surface area contributed by atoms with Gasteiger partial charge >= 0.3 is 0 Å². The van der Waals surface area contributed by atoms with E-state index in [2.05, 4.69) is 212 Å². The molecule has 0 aliphatic heterocycles. The van der Waals surface area contributed by atoms with E-state index in [0.29, 0.717) is 0 Å². The Kier molecular flexibility index (Phi) is 7.99. The zero-order valence-electron chi connectivity index (χ0n) is 33.3. The van der Waals surface area contributed by atoms with Gasteiger partial charge in [-0.25, -0.2) is 0 Å². The van der Waals surface area contributed by atoms with E-state index in [-0.39, 0.29) is 16.2 Å². The van der Waals surface area contributed by atoms with Crippen molar-refractivity contribution in [3.8, 4) is 33.4 Å². The standard InChI is InChI=1S/C53H49NO/c1-51(2,3)38-31-43-49-47(55-50(43)46(32-38)52(4,5)6)30-29-45-48(49)42-33-41(27-28-44(42)53(45,7)8)54(39-23-19-36(20-24-39)34-15-11-9-12-16-34)40-25-21-37(22-26-40)35-17-13-10-14-18-35/h9-33H,1-8H3. The molecule has 1 aromatic heterocycles. The molecule has 2 heteroatoms.